The summed E-state index contributed by atoms with van der Waals surface area (Å²) in [7, 11) is 1.50. The van der Waals surface area contributed by atoms with Crippen LogP contribution < -0.4 is 10.6 Å². The lowest BCUT2D eigenvalue weighted by Crippen LogP contribution is -2.16. The minimum Gasteiger partial charge on any atom is -0.371 e. The molecular weight excluding hydrogens is 295 g/mol. The summed E-state index contributed by atoms with van der Waals surface area (Å²) in [6.45, 7) is 0. The number of hydrogen-bond acceptors (Lipinski definition) is 4. The van der Waals surface area contributed by atoms with Gasteiger partial charge >= 0.3 is 0 Å². The summed E-state index contributed by atoms with van der Waals surface area (Å²) in [5.41, 5.74) is 0.270. The Morgan fingerprint density at radius 2 is 2.19 bits per heavy atom. The van der Waals surface area contributed by atoms with E-state index >= 15 is 0 Å². The minimum atomic E-state index is -0.766. The normalized spacial score (nSPS) is 9.81. The molecule has 2 rings (SSSR count). The number of anilines is 2. The van der Waals surface area contributed by atoms with Gasteiger partial charge in [-0.2, -0.15) is 5.26 Å². The molecular formula is C14H10ClFN4O. The molecule has 0 aliphatic heterocycles. The molecule has 5 nitrogen and oxygen atoms in total. The number of carbonyl (C=O) groups is 1. The largest absolute Gasteiger partial charge is 0.371 e. The van der Waals surface area contributed by atoms with E-state index in [2.05, 4.69) is 15.6 Å². The van der Waals surface area contributed by atoms with Crippen LogP contribution in [0.3, 0.4) is 0 Å². The lowest BCUT2D eigenvalue weighted by Gasteiger charge is -2.09. The van der Waals surface area contributed by atoms with E-state index in [0.29, 0.717) is 5.02 Å². The van der Waals surface area contributed by atoms with Crippen LogP contribution in [0.25, 0.3) is 0 Å². The first-order valence-electron chi connectivity index (χ1n) is 5.90. The van der Waals surface area contributed by atoms with Crippen molar-refractivity contribution < 1.29 is 9.18 Å². The Kier molecular flexibility index (Phi) is 4.36. The average molecular weight is 305 g/mol. The molecule has 1 aromatic heterocycles. The van der Waals surface area contributed by atoms with Gasteiger partial charge < -0.3 is 10.6 Å². The second kappa shape index (κ2) is 6.20. The van der Waals surface area contributed by atoms with Gasteiger partial charge in [0.25, 0.3) is 5.91 Å². The van der Waals surface area contributed by atoms with Gasteiger partial charge in [0.15, 0.2) is 11.6 Å². The highest BCUT2D eigenvalue weighted by atomic mass is 35.5. The van der Waals surface area contributed by atoms with Crippen LogP contribution in [0.15, 0.2) is 30.5 Å². The smallest absolute Gasteiger partial charge is 0.258 e. The van der Waals surface area contributed by atoms with Crippen molar-refractivity contribution in [1.82, 2.24) is 4.98 Å². The van der Waals surface area contributed by atoms with Crippen molar-refractivity contribution in [3.05, 3.63) is 52.4 Å². The van der Waals surface area contributed by atoms with Gasteiger partial charge in [0.1, 0.15) is 6.07 Å². The van der Waals surface area contributed by atoms with Crippen molar-refractivity contribution in [2.24, 2.45) is 0 Å². The van der Waals surface area contributed by atoms with Crippen molar-refractivity contribution in [2.75, 3.05) is 17.7 Å². The maximum absolute atomic E-state index is 14.0. The molecule has 2 aromatic rings. The lowest BCUT2D eigenvalue weighted by atomic mass is 10.1. The number of rotatable bonds is 3. The first kappa shape index (κ1) is 14.8. The van der Waals surface area contributed by atoms with Gasteiger partial charge in [0.2, 0.25) is 0 Å². The van der Waals surface area contributed by atoms with E-state index in [1.807, 2.05) is 6.07 Å². The van der Waals surface area contributed by atoms with Crippen LogP contribution in [0, 0.1) is 17.1 Å². The van der Waals surface area contributed by atoms with Crippen LogP contribution in [0.4, 0.5) is 15.9 Å². The van der Waals surface area contributed by atoms with Gasteiger partial charge in [0, 0.05) is 18.3 Å². The van der Waals surface area contributed by atoms with E-state index in [1.54, 1.807) is 0 Å². The van der Waals surface area contributed by atoms with Crippen LogP contribution in [-0.4, -0.2) is 17.9 Å². The number of pyridine rings is 1. The summed E-state index contributed by atoms with van der Waals surface area (Å²) in [6.07, 6.45) is 1.31. The summed E-state index contributed by atoms with van der Waals surface area (Å²) >= 11 is 5.83. The number of nitrogens with one attached hydrogen (secondary N) is 2. The van der Waals surface area contributed by atoms with Gasteiger partial charge in [-0.15, -0.1) is 0 Å². The van der Waals surface area contributed by atoms with Crippen LogP contribution in [0.1, 0.15) is 15.9 Å². The Labute approximate surface area is 125 Å². The van der Waals surface area contributed by atoms with Crippen LogP contribution >= 0.6 is 11.6 Å². The second-order valence-corrected chi connectivity index (χ2v) is 4.46. The molecule has 0 bridgehead atoms. The zero-order valence-electron chi connectivity index (χ0n) is 10.9. The Hall–Kier alpha value is -2.65. The number of carbonyl (C=O) groups excluding carboxylic acids is 1. The Morgan fingerprint density at radius 3 is 2.86 bits per heavy atom. The molecule has 0 aliphatic rings. The third kappa shape index (κ3) is 3.09. The maximum atomic E-state index is 14.0. The molecule has 106 valence electrons. The van der Waals surface area contributed by atoms with Gasteiger partial charge in [-0.05, 0) is 24.3 Å². The zero-order valence-corrected chi connectivity index (χ0v) is 11.7. The number of nitriles is 1. The third-order valence-electron chi connectivity index (χ3n) is 2.72. The predicted molar refractivity (Wildman–Crippen MR) is 77.9 cm³/mol. The summed E-state index contributed by atoms with van der Waals surface area (Å²) in [5.74, 6) is -1.49. The molecule has 1 heterocycles. The molecule has 1 aromatic carbocycles. The number of nitrogens with zero attached hydrogens (tertiary/aromatic N) is 2. The number of hydrogen-bond donors (Lipinski definition) is 2. The van der Waals surface area contributed by atoms with E-state index in [0.717, 1.165) is 0 Å². The summed E-state index contributed by atoms with van der Waals surface area (Å²) in [5, 5.41) is 14.4. The summed E-state index contributed by atoms with van der Waals surface area (Å²) in [4.78, 5) is 15.9. The minimum absolute atomic E-state index is 0.0331. The van der Waals surface area contributed by atoms with Crippen molar-refractivity contribution >= 4 is 29.0 Å². The Morgan fingerprint density at radius 1 is 1.43 bits per heavy atom. The monoisotopic (exact) mass is 304 g/mol. The lowest BCUT2D eigenvalue weighted by molar-refractivity contribution is 0.102. The highest BCUT2D eigenvalue weighted by Gasteiger charge is 2.17. The molecule has 0 spiro atoms. The quantitative estimate of drug-likeness (QED) is 0.913. The van der Waals surface area contributed by atoms with E-state index in [4.69, 9.17) is 16.9 Å². The molecule has 0 saturated carbocycles. The first-order chi connectivity index (χ1) is 10.1. The number of aromatic nitrogens is 1. The molecule has 0 radical (unpaired) electrons. The van der Waals surface area contributed by atoms with E-state index < -0.39 is 11.7 Å². The van der Waals surface area contributed by atoms with E-state index in [-0.39, 0.29) is 22.6 Å². The van der Waals surface area contributed by atoms with Gasteiger partial charge in [-0.25, -0.2) is 9.37 Å². The molecule has 0 unspecified atom stereocenters. The zero-order chi connectivity index (χ0) is 15.4. The topological polar surface area (TPSA) is 77.8 Å². The SMILES string of the molecule is CNc1nccc(C(=O)Nc2cc(Cl)ccc2C#N)c1F. The summed E-state index contributed by atoms with van der Waals surface area (Å²) in [6, 6.07) is 7.61. The molecule has 21 heavy (non-hydrogen) atoms. The second-order valence-electron chi connectivity index (χ2n) is 4.03. The Balaban J connectivity index is 2.35. The fourth-order valence-corrected chi connectivity index (χ4v) is 1.87. The van der Waals surface area contributed by atoms with Gasteiger partial charge in [0.05, 0.1) is 16.8 Å². The third-order valence-corrected chi connectivity index (χ3v) is 2.96. The maximum Gasteiger partial charge on any atom is 0.258 e. The number of benzene rings is 1. The van der Waals surface area contributed by atoms with Crippen molar-refractivity contribution in [2.45, 2.75) is 0 Å². The highest BCUT2D eigenvalue weighted by Crippen LogP contribution is 2.22. The Bertz CT molecular complexity index is 742. The fourth-order valence-electron chi connectivity index (χ4n) is 1.70. The molecule has 1 amide bonds. The van der Waals surface area contributed by atoms with Gasteiger partial charge in [-0.3, -0.25) is 4.79 Å². The van der Waals surface area contributed by atoms with Crippen LogP contribution in [0.5, 0.6) is 0 Å². The molecule has 0 atom stereocenters. The molecule has 7 heteroatoms. The number of amides is 1. The number of halogens is 2. The van der Waals surface area contributed by atoms with Crippen molar-refractivity contribution in [3.8, 4) is 6.07 Å². The molecule has 0 fully saturated rings. The first-order valence-corrected chi connectivity index (χ1v) is 6.28. The van der Waals surface area contributed by atoms with Crippen LogP contribution in [0.2, 0.25) is 5.02 Å². The molecule has 2 N–H and O–H groups in total. The highest BCUT2D eigenvalue weighted by molar-refractivity contribution is 6.31. The standard InChI is InChI=1S/C14H10ClFN4O/c1-18-13-12(16)10(4-5-19-13)14(21)20-11-6-9(15)3-2-8(11)7-17/h2-6H,1H3,(H,18,19)(H,20,21). The van der Waals surface area contributed by atoms with Crippen molar-refractivity contribution in [1.29, 1.82) is 5.26 Å². The van der Waals surface area contributed by atoms with E-state index in [9.17, 15) is 9.18 Å². The molecule has 0 saturated heterocycles. The fraction of sp³-hybridized carbons (Fsp3) is 0.0714. The van der Waals surface area contributed by atoms with E-state index in [1.165, 1.54) is 37.5 Å². The van der Waals surface area contributed by atoms with Crippen molar-refractivity contribution in [3.63, 3.8) is 0 Å². The van der Waals surface area contributed by atoms with Gasteiger partial charge in [-0.1, -0.05) is 11.6 Å². The predicted octanol–water partition coefficient (Wildman–Crippen LogP) is 3.04. The summed E-state index contributed by atoms with van der Waals surface area (Å²) < 4.78 is 14.0. The molecule has 0 aliphatic carbocycles. The van der Waals surface area contributed by atoms with Crippen LogP contribution in [-0.2, 0) is 0 Å². The average Bonchev–Trinajstić information content (AvgIpc) is 2.47.